The van der Waals surface area contributed by atoms with Gasteiger partial charge in [0.25, 0.3) is 0 Å². The van der Waals surface area contributed by atoms with E-state index in [4.69, 9.17) is 4.74 Å². The normalized spacial score (nSPS) is 10.6. The molecule has 0 fully saturated rings. The van der Waals surface area contributed by atoms with E-state index in [-0.39, 0.29) is 24.2 Å². The molecule has 0 aliphatic heterocycles. The van der Waals surface area contributed by atoms with Crippen molar-refractivity contribution in [3.8, 4) is 0 Å². The summed E-state index contributed by atoms with van der Waals surface area (Å²) in [5.74, 6) is -0.238. The lowest BCUT2D eigenvalue weighted by Gasteiger charge is -2.04. The number of carbonyl (C=O) groups excluding carboxylic acids is 2. The van der Waals surface area contributed by atoms with Crippen LogP contribution in [-0.4, -0.2) is 22.6 Å². The standard InChI is InChI=1S/C18H16N2O3S2/c1-12(21)19-18-20-15(10-25-18)9-23-17(22)11-24-16-7-6-13-4-2-3-5-14(13)8-16/h2-8,10H,9,11H2,1H3,(H,19,20,21). The molecule has 0 saturated carbocycles. The summed E-state index contributed by atoms with van der Waals surface area (Å²) in [6.07, 6.45) is 0. The molecule has 0 bridgehead atoms. The summed E-state index contributed by atoms with van der Waals surface area (Å²) >= 11 is 2.74. The first-order chi connectivity index (χ1) is 12.1. The number of fused-ring (bicyclic) bond motifs is 1. The molecule has 3 aromatic rings. The van der Waals surface area contributed by atoms with Crippen LogP contribution in [0.1, 0.15) is 12.6 Å². The van der Waals surface area contributed by atoms with E-state index in [1.165, 1.54) is 35.4 Å². The Bertz CT molecular complexity index is 908. The number of amides is 1. The van der Waals surface area contributed by atoms with Crippen LogP contribution in [0.25, 0.3) is 10.8 Å². The SMILES string of the molecule is CC(=O)Nc1nc(COC(=O)CSc2ccc3ccccc3c2)cs1. The Hall–Kier alpha value is -2.38. The van der Waals surface area contributed by atoms with E-state index in [0.29, 0.717) is 10.8 Å². The second-order valence-electron chi connectivity index (χ2n) is 5.28. The zero-order valence-corrected chi connectivity index (χ0v) is 15.2. The van der Waals surface area contributed by atoms with Gasteiger partial charge in [0, 0.05) is 17.2 Å². The fourth-order valence-corrected chi connectivity index (χ4v) is 3.66. The first-order valence-electron chi connectivity index (χ1n) is 7.59. The lowest BCUT2D eigenvalue weighted by Crippen LogP contribution is -2.08. The highest BCUT2D eigenvalue weighted by Gasteiger charge is 2.08. The minimum Gasteiger partial charge on any atom is -0.459 e. The molecule has 1 heterocycles. The average Bonchev–Trinajstić information content (AvgIpc) is 3.04. The number of thiazole rings is 1. The summed E-state index contributed by atoms with van der Waals surface area (Å²) in [6.45, 7) is 1.53. The number of benzene rings is 2. The zero-order chi connectivity index (χ0) is 17.6. The van der Waals surface area contributed by atoms with Gasteiger partial charge >= 0.3 is 5.97 Å². The van der Waals surface area contributed by atoms with Crippen molar-refractivity contribution >= 4 is 50.9 Å². The number of esters is 1. The molecular formula is C18H16N2O3S2. The molecule has 5 nitrogen and oxygen atoms in total. The van der Waals surface area contributed by atoms with Crippen molar-refractivity contribution in [3.63, 3.8) is 0 Å². The number of nitrogens with zero attached hydrogens (tertiary/aromatic N) is 1. The van der Waals surface area contributed by atoms with Crippen LogP contribution in [0.2, 0.25) is 0 Å². The Morgan fingerprint density at radius 1 is 1.20 bits per heavy atom. The molecule has 1 amide bonds. The second-order valence-corrected chi connectivity index (χ2v) is 7.19. The van der Waals surface area contributed by atoms with E-state index >= 15 is 0 Å². The van der Waals surface area contributed by atoms with Gasteiger partial charge in [-0.15, -0.1) is 23.1 Å². The number of ether oxygens (including phenoxy) is 1. The predicted molar refractivity (Wildman–Crippen MR) is 101 cm³/mol. The van der Waals surface area contributed by atoms with Gasteiger partial charge in [-0.1, -0.05) is 30.3 Å². The van der Waals surface area contributed by atoms with Gasteiger partial charge in [0.05, 0.1) is 11.4 Å². The monoisotopic (exact) mass is 372 g/mol. The number of nitrogens with one attached hydrogen (secondary N) is 1. The van der Waals surface area contributed by atoms with E-state index in [1.54, 1.807) is 5.38 Å². The Morgan fingerprint density at radius 2 is 2.00 bits per heavy atom. The number of hydrogen-bond acceptors (Lipinski definition) is 6. The van der Waals surface area contributed by atoms with Gasteiger partial charge in [-0.3, -0.25) is 9.59 Å². The van der Waals surface area contributed by atoms with Crippen molar-refractivity contribution in [3.05, 3.63) is 53.5 Å². The summed E-state index contributed by atoms with van der Waals surface area (Å²) in [5.41, 5.74) is 0.623. The maximum atomic E-state index is 11.9. The van der Waals surface area contributed by atoms with Gasteiger partial charge in [-0.2, -0.15) is 0 Å². The first kappa shape index (κ1) is 17.4. The molecule has 0 aliphatic carbocycles. The molecule has 0 atom stereocenters. The Balaban J connectivity index is 1.48. The molecule has 0 unspecified atom stereocenters. The number of thioether (sulfide) groups is 1. The number of anilines is 1. The maximum Gasteiger partial charge on any atom is 0.316 e. The predicted octanol–water partition coefficient (Wildman–Crippen LogP) is 4.09. The molecule has 7 heteroatoms. The molecule has 2 aromatic carbocycles. The lowest BCUT2D eigenvalue weighted by atomic mass is 10.1. The van der Waals surface area contributed by atoms with Gasteiger partial charge in [-0.25, -0.2) is 4.98 Å². The number of rotatable bonds is 6. The van der Waals surface area contributed by atoms with Gasteiger partial charge in [-0.05, 0) is 22.9 Å². The van der Waals surface area contributed by atoms with Crippen molar-refractivity contribution in [1.29, 1.82) is 0 Å². The summed E-state index contributed by atoms with van der Waals surface area (Å²) < 4.78 is 5.23. The third-order valence-electron chi connectivity index (χ3n) is 3.29. The quantitative estimate of drug-likeness (QED) is 0.521. The molecule has 3 rings (SSSR count). The average molecular weight is 372 g/mol. The molecule has 25 heavy (non-hydrogen) atoms. The minimum atomic E-state index is -0.299. The van der Waals surface area contributed by atoms with Gasteiger partial charge in [0.1, 0.15) is 6.61 Å². The Kier molecular flexibility index (Phi) is 5.67. The molecule has 0 spiro atoms. The second kappa shape index (κ2) is 8.13. The highest BCUT2D eigenvalue weighted by atomic mass is 32.2. The molecule has 1 N–H and O–H groups in total. The number of aromatic nitrogens is 1. The first-order valence-corrected chi connectivity index (χ1v) is 9.46. The summed E-state index contributed by atoms with van der Waals surface area (Å²) in [4.78, 5) is 28.1. The van der Waals surface area contributed by atoms with Crippen molar-refractivity contribution in [1.82, 2.24) is 4.98 Å². The van der Waals surface area contributed by atoms with Gasteiger partial charge < -0.3 is 10.1 Å². The van der Waals surface area contributed by atoms with Crippen molar-refractivity contribution in [2.75, 3.05) is 11.1 Å². The summed E-state index contributed by atoms with van der Waals surface area (Å²) in [7, 11) is 0. The van der Waals surface area contributed by atoms with E-state index in [9.17, 15) is 9.59 Å². The van der Waals surface area contributed by atoms with Crippen molar-refractivity contribution in [2.24, 2.45) is 0 Å². The third-order valence-corrected chi connectivity index (χ3v) is 5.07. The number of hydrogen-bond donors (Lipinski definition) is 1. The molecule has 0 radical (unpaired) electrons. The Morgan fingerprint density at radius 3 is 2.80 bits per heavy atom. The van der Waals surface area contributed by atoms with Gasteiger partial charge in [0.2, 0.25) is 5.91 Å². The topological polar surface area (TPSA) is 68.3 Å². The van der Waals surface area contributed by atoms with E-state index in [1.807, 2.05) is 30.3 Å². The van der Waals surface area contributed by atoms with Crippen molar-refractivity contribution in [2.45, 2.75) is 18.4 Å². The summed E-state index contributed by atoms with van der Waals surface area (Å²) in [5, 5.41) is 7.18. The number of carbonyl (C=O) groups is 2. The van der Waals surface area contributed by atoms with E-state index in [0.717, 1.165) is 10.3 Å². The Labute approximate surface area is 153 Å². The van der Waals surface area contributed by atoms with E-state index < -0.39 is 0 Å². The maximum absolute atomic E-state index is 11.9. The van der Waals surface area contributed by atoms with E-state index in [2.05, 4.69) is 22.4 Å². The highest BCUT2D eigenvalue weighted by molar-refractivity contribution is 8.00. The molecule has 128 valence electrons. The van der Waals surface area contributed by atoms with Crippen LogP contribution in [0, 0.1) is 0 Å². The smallest absolute Gasteiger partial charge is 0.316 e. The largest absolute Gasteiger partial charge is 0.459 e. The third kappa shape index (κ3) is 5.04. The molecule has 0 saturated heterocycles. The van der Waals surface area contributed by atoms with Crippen LogP contribution in [0.4, 0.5) is 5.13 Å². The van der Waals surface area contributed by atoms with Crippen LogP contribution in [0.15, 0.2) is 52.7 Å². The summed E-state index contributed by atoms with van der Waals surface area (Å²) in [6, 6.07) is 14.2. The van der Waals surface area contributed by atoms with Crippen LogP contribution >= 0.6 is 23.1 Å². The molecule has 0 aliphatic rings. The van der Waals surface area contributed by atoms with Crippen LogP contribution in [-0.2, 0) is 20.9 Å². The van der Waals surface area contributed by atoms with Crippen molar-refractivity contribution < 1.29 is 14.3 Å². The fourth-order valence-electron chi connectivity index (χ4n) is 2.18. The van der Waals surface area contributed by atoms with Crippen LogP contribution < -0.4 is 5.32 Å². The molecular weight excluding hydrogens is 356 g/mol. The lowest BCUT2D eigenvalue weighted by molar-refractivity contribution is -0.141. The van der Waals surface area contributed by atoms with Gasteiger partial charge in [0.15, 0.2) is 5.13 Å². The highest BCUT2D eigenvalue weighted by Crippen LogP contribution is 2.24. The van der Waals surface area contributed by atoms with Crippen LogP contribution in [0.3, 0.4) is 0 Å². The zero-order valence-electron chi connectivity index (χ0n) is 13.5. The van der Waals surface area contributed by atoms with Crippen LogP contribution in [0.5, 0.6) is 0 Å². The molecule has 1 aromatic heterocycles. The fraction of sp³-hybridized carbons (Fsp3) is 0.167. The minimum absolute atomic E-state index is 0.104.